The zero-order valence-electron chi connectivity index (χ0n) is 27.7. The van der Waals surface area contributed by atoms with Gasteiger partial charge in [0.15, 0.2) is 5.82 Å². The van der Waals surface area contributed by atoms with Crippen molar-refractivity contribution in [3.63, 3.8) is 0 Å². The Hall–Kier alpha value is -4.05. The number of methoxy groups -OCH3 is 1. The average molecular weight is 638 g/mol. The van der Waals surface area contributed by atoms with Crippen molar-refractivity contribution in [2.45, 2.75) is 31.7 Å². The summed E-state index contributed by atoms with van der Waals surface area (Å²) in [6.45, 7) is 8.27. The number of amides is 1. The van der Waals surface area contributed by atoms with Gasteiger partial charge in [-0.15, -0.1) is 0 Å². The third kappa shape index (κ3) is 8.09. The molecule has 0 radical (unpaired) electrons. The van der Waals surface area contributed by atoms with Crippen LogP contribution >= 0.6 is 0 Å². The molecule has 2 fully saturated rings. The molecule has 9 heteroatoms. The first-order valence-corrected chi connectivity index (χ1v) is 17.0. The van der Waals surface area contributed by atoms with Gasteiger partial charge in [0.1, 0.15) is 5.75 Å². The minimum atomic E-state index is -0.0304. The number of likely N-dealkylation sites (tertiary alicyclic amines) is 1. The van der Waals surface area contributed by atoms with Gasteiger partial charge in [-0.1, -0.05) is 42.5 Å². The summed E-state index contributed by atoms with van der Waals surface area (Å²) in [5.74, 6) is 1.76. The van der Waals surface area contributed by atoms with Crippen LogP contribution in [0.5, 0.6) is 5.75 Å². The van der Waals surface area contributed by atoms with E-state index in [1.807, 2.05) is 72.6 Å². The average Bonchev–Trinajstić information content (AvgIpc) is 3.51. The second kappa shape index (κ2) is 15.7. The van der Waals surface area contributed by atoms with Crippen LogP contribution in [0.3, 0.4) is 0 Å². The SMILES string of the molecule is COc1ccc(C(CCN2CCC(C(=O)c3nc4ccccc4n3CCN3CCOCC3)CC2)CN(C)C(=O)c2ccccc2)cc1. The number of hydrogen-bond donors (Lipinski definition) is 0. The molecule has 2 aliphatic heterocycles. The van der Waals surface area contributed by atoms with E-state index < -0.39 is 0 Å². The van der Waals surface area contributed by atoms with Crippen molar-refractivity contribution in [3.05, 3.63) is 95.8 Å². The molecule has 1 unspecified atom stereocenters. The van der Waals surface area contributed by atoms with Crippen molar-refractivity contribution in [1.82, 2.24) is 24.3 Å². The molecule has 3 aromatic carbocycles. The first-order chi connectivity index (χ1) is 23.0. The number of imidazole rings is 1. The minimum Gasteiger partial charge on any atom is -0.497 e. The minimum absolute atomic E-state index is 0.0272. The Morgan fingerprint density at radius 1 is 0.872 bits per heavy atom. The standard InChI is InChI=1S/C38H47N5O4/c1-40(38(45)31-8-4-3-5-9-31)28-32(29-12-14-33(46-2)15-13-29)18-21-41-19-16-30(17-20-41)36(44)37-39-34-10-6-7-11-35(34)43(37)23-22-42-24-26-47-27-25-42/h3-15,30,32H,16-28H2,1-2H3. The summed E-state index contributed by atoms with van der Waals surface area (Å²) in [5.41, 5.74) is 3.81. The highest BCUT2D eigenvalue weighted by molar-refractivity contribution is 5.98. The molecule has 248 valence electrons. The Kier molecular flexibility index (Phi) is 11.0. The number of Topliss-reactive ketones (excluding diaryl/α,β-unsaturated/α-hetero) is 1. The second-order valence-electron chi connectivity index (χ2n) is 12.8. The summed E-state index contributed by atoms with van der Waals surface area (Å²) >= 11 is 0. The lowest BCUT2D eigenvalue weighted by Gasteiger charge is -2.33. The van der Waals surface area contributed by atoms with Crippen LogP contribution in [0.25, 0.3) is 11.0 Å². The van der Waals surface area contributed by atoms with Crippen molar-refractivity contribution in [3.8, 4) is 5.75 Å². The van der Waals surface area contributed by atoms with E-state index in [2.05, 4.69) is 32.6 Å². The zero-order chi connectivity index (χ0) is 32.6. The lowest BCUT2D eigenvalue weighted by Crippen LogP contribution is -2.39. The second-order valence-corrected chi connectivity index (χ2v) is 12.8. The molecule has 9 nitrogen and oxygen atoms in total. The van der Waals surface area contributed by atoms with Crippen molar-refractivity contribution < 1.29 is 19.1 Å². The van der Waals surface area contributed by atoms with Gasteiger partial charge in [-0.05, 0) is 80.9 Å². The summed E-state index contributed by atoms with van der Waals surface area (Å²) < 4.78 is 13.1. The van der Waals surface area contributed by atoms with E-state index >= 15 is 0 Å². The Morgan fingerprint density at radius 3 is 2.28 bits per heavy atom. The normalized spacial score (nSPS) is 17.1. The van der Waals surface area contributed by atoms with Crippen LogP contribution in [0, 0.1) is 5.92 Å². The first-order valence-electron chi connectivity index (χ1n) is 17.0. The zero-order valence-corrected chi connectivity index (χ0v) is 27.7. The monoisotopic (exact) mass is 637 g/mol. The molecule has 2 saturated heterocycles. The van der Waals surface area contributed by atoms with Crippen molar-refractivity contribution >= 4 is 22.7 Å². The first kappa shape index (κ1) is 32.9. The number of nitrogens with zero attached hydrogens (tertiary/aromatic N) is 5. The Bertz CT molecular complexity index is 1610. The van der Waals surface area contributed by atoms with Gasteiger partial charge >= 0.3 is 0 Å². The van der Waals surface area contributed by atoms with Crippen LogP contribution in [-0.4, -0.2) is 109 Å². The predicted molar refractivity (Wildman–Crippen MR) is 184 cm³/mol. The van der Waals surface area contributed by atoms with Gasteiger partial charge in [0, 0.05) is 57.2 Å². The molecule has 1 aromatic heterocycles. The van der Waals surface area contributed by atoms with E-state index in [1.54, 1.807) is 7.11 Å². The predicted octanol–water partition coefficient (Wildman–Crippen LogP) is 5.22. The number of fused-ring (bicyclic) bond motifs is 1. The fourth-order valence-electron chi connectivity index (χ4n) is 6.95. The van der Waals surface area contributed by atoms with Gasteiger partial charge in [0.25, 0.3) is 5.91 Å². The van der Waals surface area contributed by atoms with Gasteiger partial charge in [-0.3, -0.25) is 14.5 Å². The maximum absolute atomic E-state index is 14.0. The maximum atomic E-state index is 14.0. The molecule has 0 bridgehead atoms. The van der Waals surface area contributed by atoms with Crippen LogP contribution in [0.4, 0.5) is 0 Å². The molecule has 1 atom stereocenters. The van der Waals surface area contributed by atoms with Gasteiger partial charge in [-0.25, -0.2) is 4.98 Å². The fourth-order valence-corrected chi connectivity index (χ4v) is 6.95. The fraction of sp³-hybridized carbons (Fsp3) is 0.447. The van der Waals surface area contributed by atoms with Crippen molar-refractivity contribution in [2.24, 2.45) is 5.92 Å². The highest BCUT2D eigenvalue weighted by Gasteiger charge is 2.30. The van der Waals surface area contributed by atoms with Gasteiger partial charge in [0.2, 0.25) is 5.78 Å². The van der Waals surface area contributed by atoms with E-state index in [0.717, 1.165) is 95.1 Å². The van der Waals surface area contributed by atoms with E-state index in [-0.39, 0.29) is 23.5 Å². The topological polar surface area (TPSA) is 80.1 Å². The molecule has 3 heterocycles. The van der Waals surface area contributed by atoms with Crippen LogP contribution in [0.2, 0.25) is 0 Å². The van der Waals surface area contributed by atoms with Crippen LogP contribution in [-0.2, 0) is 11.3 Å². The van der Waals surface area contributed by atoms with Gasteiger partial charge < -0.3 is 23.8 Å². The number of para-hydroxylation sites is 2. The quantitative estimate of drug-likeness (QED) is 0.186. The molecule has 47 heavy (non-hydrogen) atoms. The number of aromatic nitrogens is 2. The summed E-state index contributed by atoms with van der Waals surface area (Å²) in [6, 6.07) is 25.8. The Balaban J connectivity index is 1.08. The smallest absolute Gasteiger partial charge is 0.253 e. The largest absolute Gasteiger partial charge is 0.497 e. The van der Waals surface area contributed by atoms with Gasteiger partial charge in [0.05, 0.1) is 31.4 Å². The molecule has 2 aliphatic rings. The molecule has 0 spiro atoms. The molecule has 0 N–H and O–H groups in total. The third-order valence-electron chi connectivity index (χ3n) is 9.82. The Labute approximate surface area is 278 Å². The number of ketones is 1. The van der Waals surface area contributed by atoms with Crippen LogP contribution < -0.4 is 4.74 Å². The number of morpholine rings is 1. The van der Waals surface area contributed by atoms with Crippen LogP contribution in [0.1, 0.15) is 51.7 Å². The maximum Gasteiger partial charge on any atom is 0.253 e. The van der Waals surface area contributed by atoms with Crippen molar-refractivity contribution in [1.29, 1.82) is 0 Å². The van der Waals surface area contributed by atoms with E-state index in [9.17, 15) is 9.59 Å². The Morgan fingerprint density at radius 2 is 1.55 bits per heavy atom. The number of benzene rings is 3. The number of carbonyl (C=O) groups is 2. The third-order valence-corrected chi connectivity index (χ3v) is 9.82. The number of carbonyl (C=O) groups excluding carboxylic acids is 2. The highest BCUT2D eigenvalue weighted by Crippen LogP contribution is 2.28. The number of likely N-dealkylation sites (N-methyl/N-ethyl adjacent to an activating group) is 1. The summed E-state index contributed by atoms with van der Waals surface area (Å²) in [5, 5.41) is 0. The molecular weight excluding hydrogens is 590 g/mol. The summed E-state index contributed by atoms with van der Waals surface area (Å²) in [7, 11) is 3.56. The molecule has 4 aromatic rings. The summed E-state index contributed by atoms with van der Waals surface area (Å²) in [6.07, 6.45) is 2.56. The van der Waals surface area contributed by atoms with E-state index in [4.69, 9.17) is 14.5 Å². The molecule has 0 saturated carbocycles. The number of ether oxygens (including phenoxy) is 2. The van der Waals surface area contributed by atoms with E-state index in [1.165, 1.54) is 5.56 Å². The number of piperidine rings is 1. The molecule has 1 amide bonds. The lowest BCUT2D eigenvalue weighted by molar-refractivity contribution is 0.0363. The van der Waals surface area contributed by atoms with E-state index in [0.29, 0.717) is 17.9 Å². The van der Waals surface area contributed by atoms with Gasteiger partial charge in [-0.2, -0.15) is 0 Å². The number of rotatable bonds is 13. The number of hydrogen-bond acceptors (Lipinski definition) is 7. The lowest BCUT2D eigenvalue weighted by atomic mass is 9.90. The molecule has 0 aliphatic carbocycles. The summed E-state index contributed by atoms with van der Waals surface area (Å²) in [4.78, 5) is 38.7. The molecular formula is C38H47N5O4. The van der Waals surface area contributed by atoms with Crippen LogP contribution in [0.15, 0.2) is 78.9 Å². The van der Waals surface area contributed by atoms with Crippen molar-refractivity contribution in [2.75, 3.05) is 73.2 Å². The highest BCUT2D eigenvalue weighted by atomic mass is 16.5. The molecule has 6 rings (SSSR count).